The Bertz CT molecular complexity index is 127. The zero-order chi connectivity index (χ0) is 8.97. The Balaban J connectivity index is 2.25. The summed E-state index contributed by atoms with van der Waals surface area (Å²) in [5, 5.41) is 1.18. The van der Waals surface area contributed by atoms with Gasteiger partial charge >= 0.3 is 0 Å². The van der Waals surface area contributed by atoms with Gasteiger partial charge in [-0.2, -0.15) is 0 Å². The predicted octanol–water partition coefficient (Wildman–Crippen LogP) is 2.89. The normalized spacial score (nSPS) is 27.8. The van der Waals surface area contributed by atoms with Gasteiger partial charge in [-0.15, -0.1) is 0 Å². The van der Waals surface area contributed by atoms with Gasteiger partial charge in [0.25, 0.3) is 0 Å². The molecule has 2 unspecified atom stereocenters. The number of hydrogen-bond acceptors (Lipinski definition) is 1. The number of alkyl halides is 1. The minimum Gasteiger partial charge on any atom is -0.300 e. The summed E-state index contributed by atoms with van der Waals surface area (Å²) in [6, 6.07) is 0.805. The molecule has 0 N–H and O–H groups in total. The van der Waals surface area contributed by atoms with Gasteiger partial charge in [0.1, 0.15) is 0 Å². The topological polar surface area (TPSA) is 3.24 Å². The van der Waals surface area contributed by atoms with E-state index >= 15 is 0 Å². The van der Waals surface area contributed by atoms with Crippen LogP contribution in [0.3, 0.4) is 0 Å². The smallest absolute Gasteiger partial charge is 0.00723 e. The molecule has 72 valence electrons. The first-order chi connectivity index (χ1) is 5.77. The number of nitrogens with zero attached hydrogens (tertiary/aromatic N) is 1. The van der Waals surface area contributed by atoms with Crippen LogP contribution in [0.2, 0.25) is 0 Å². The SMILES string of the molecule is CCCC(C)N1CCC(CBr)C1. The highest BCUT2D eigenvalue weighted by molar-refractivity contribution is 9.09. The molecular formula is C10H20BrN. The van der Waals surface area contributed by atoms with Crippen LogP contribution in [-0.2, 0) is 0 Å². The molecular weight excluding hydrogens is 214 g/mol. The second-order valence-corrected chi connectivity index (χ2v) is 4.59. The van der Waals surface area contributed by atoms with Gasteiger partial charge in [-0.25, -0.2) is 0 Å². The average molecular weight is 234 g/mol. The van der Waals surface area contributed by atoms with Crippen LogP contribution in [0.5, 0.6) is 0 Å². The van der Waals surface area contributed by atoms with E-state index in [1.54, 1.807) is 0 Å². The first-order valence-electron chi connectivity index (χ1n) is 5.08. The molecule has 1 rings (SSSR count). The van der Waals surface area contributed by atoms with Crippen molar-refractivity contribution in [1.82, 2.24) is 4.90 Å². The molecule has 0 bridgehead atoms. The molecule has 0 amide bonds. The first-order valence-corrected chi connectivity index (χ1v) is 6.20. The Morgan fingerprint density at radius 3 is 2.83 bits per heavy atom. The Morgan fingerprint density at radius 2 is 2.33 bits per heavy atom. The number of halogens is 1. The van der Waals surface area contributed by atoms with Crippen molar-refractivity contribution < 1.29 is 0 Å². The molecule has 0 aliphatic carbocycles. The third kappa shape index (κ3) is 2.74. The molecule has 0 aromatic carbocycles. The highest BCUT2D eigenvalue weighted by Crippen LogP contribution is 2.21. The molecule has 2 heteroatoms. The number of rotatable bonds is 4. The summed E-state index contributed by atoms with van der Waals surface area (Å²) in [5.41, 5.74) is 0. The Hall–Kier alpha value is 0.440. The van der Waals surface area contributed by atoms with E-state index in [0.717, 1.165) is 12.0 Å². The zero-order valence-corrected chi connectivity index (χ0v) is 9.81. The Labute approximate surface area is 84.6 Å². The summed E-state index contributed by atoms with van der Waals surface area (Å²) in [4.78, 5) is 2.63. The monoisotopic (exact) mass is 233 g/mol. The molecule has 12 heavy (non-hydrogen) atoms. The largest absolute Gasteiger partial charge is 0.300 e. The summed E-state index contributed by atoms with van der Waals surface area (Å²) < 4.78 is 0. The van der Waals surface area contributed by atoms with Gasteiger partial charge < -0.3 is 4.90 Å². The van der Waals surface area contributed by atoms with Crippen LogP contribution >= 0.6 is 15.9 Å². The van der Waals surface area contributed by atoms with Crippen LogP contribution in [0.4, 0.5) is 0 Å². The van der Waals surface area contributed by atoms with E-state index in [4.69, 9.17) is 0 Å². The van der Waals surface area contributed by atoms with E-state index in [0.29, 0.717) is 0 Å². The first kappa shape index (κ1) is 10.5. The fraction of sp³-hybridized carbons (Fsp3) is 1.00. The number of likely N-dealkylation sites (tertiary alicyclic amines) is 1. The van der Waals surface area contributed by atoms with Crippen molar-refractivity contribution in [2.24, 2.45) is 5.92 Å². The maximum Gasteiger partial charge on any atom is 0.00723 e. The van der Waals surface area contributed by atoms with Crippen LogP contribution < -0.4 is 0 Å². The summed E-state index contributed by atoms with van der Waals surface area (Å²) in [6.07, 6.45) is 4.06. The molecule has 2 atom stereocenters. The van der Waals surface area contributed by atoms with Crippen LogP contribution in [0.25, 0.3) is 0 Å². The minimum absolute atomic E-state index is 0.805. The molecule has 1 heterocycles. The lowest BCUT2D eigenvalue weighted by molar-refractivity contribution is 0.239. The van der Waals surface area contributed by atoms with Gasteiger partial charge in [-0.05, 0) is 32.2 Å². The fourth-order valence-electron chi connectivity index (χ4n) is 1.99. The van der Waals surface area contributed by atoms with E-state index in [-0.39, 0.29) is 0 Å². The molecule has 1 nitrogen and oxygen atoms in total. The maximum atomic E-state index is 3.57. The lowest BCUT2D eigenvalue weighted by atomic mass is 10.1. The molecule has 0 aromatic heterocycles. The lowest BCUT2D eigenvalue weighted by Crippen LogP contribution is -2.30. The molecule has 1 fully saturated rings. The standard InChI is InChI=1S/C10H20BrN/c1-3-4-9(2)12-6-5-10(7-11)8-12/h9-10H,3-8H2,1-2H3. The molecule has 0 saturated carbocycles. The summed E-state index contributed by atoms with van der Waals surface area (Å²) in [5.74, 6) is 0.907. The van der Waals surface area contributed by atoms with Crippen molar-refractivity contribution in [3.05, 3.63) is 0 Å². The minimum atomic E-state index is 0.805. The van der Waals surface area contributed by atoms with E-state index < -0.39 is 0 Å². The third-order valence-electron chi connectivity index (χ3n) is 2.87. The van der Waals surface area contributed by atoms with Gasteiger partial charge in [-0.1, -0.05) is 29.3 Å². The highest BCUT2D eigenvalue weighted by Gasteiger charge is 2.24. The van der Waals surface area contributed by atoms with E-state index in [2.05, 4.69) is 34.7 Å². The molecule has 0 radical (unpaired) electrons. The van der Waals surface area contributed by atoms with E-state index in [9.17, 15) is 0 Å². The fourth-order valence-corrected chi connectivity index (χ4v) is 2.52. The van der Waals surface area contributed by atoms with Crippen LogP contribution in [0.1, 0.15) is 33.1 Å². The van der Waals surface area contributed by atoms with Gasteiger partial charge in [0.2, 0.25) is 0 Å². The van der Waals surface area contributed by atoms with Crippen molar-refractivity contribution in [2.75, 3.05) is 18.4 Å². The number of hydrogen-bond donors (Lipinski definition) is 0. The molecule has 1 aliphatic rings. The second-order valence-electron chi connectivity index (χ2n) is 3.94. The van der Waals surface area contributed by atoms with Gasteiger partial charge in [-0.3, -0.25) is 0 Å². The van der Waals surface area contributed by atoms with Crippen LogP contribution in [0, 0.1) is 5.92 Å². The summed E-state index contributed by atoms with van der Waals surface area (Å²) in [7, 11) is 0. The molecule has 1 saturated heterocycles. The predicted molar refractivity (Wildman–Crippen MR) is 57.8 cm³/mol. The lowest BCUT2D eigenvalue weighted by Gasteiger charge is -2.23. The maximum absolute atomic E-state index is 3.57. The quantitative estimate of drug-likeness (QED) is 0.676. The molecule has 0 aromatic rings. The van der Waals surface area contributed by atoms with Crippen LogP contribution in [0.15, 0.2) is 0 Å². The van der Waals surface area contributed by atoms with E-state index in [1.807, 2.05) is 0 Å². The van der Waals surface area contributed by atoms with Gasteiger partial charge in [0.05, 0.1) is 0 Å². The highest BCUT2D eigenvalue weighted by atomic mass is 79.9. The van der Waals surface area contributed by atoms with Crippen molar-refractivity contribution in [2.45, 2.75) is 39.2 Å². The zero-order valence-electron chi connectivity index (χ0n) is 8.22. The van der Waals surface area contributed by atoms with Crippen molar-refractivity contribution >= 4 is 15.9 Å². The summed E-state index contributed by atoms with van der Waals surface area (Å²) >= 11 is 3.57. The third-order valence-corrected chi connectivity index (χ3v) is 3.78. The van der Waals surface area contributed by atoms with Crippen molar-refractivity contribution in [3.63, 3.8) is 0 Å². The average Bonchev–Trinajstić information content (AvgIpc) is 2.52. The van der Waals surface area contributed by atoms with E-state index in [1.165, 1.54) is 37.7 Å². The second kappa shape index (κ2) is 5.23. The van der Waals surface area contributed by atoms with Crippen LogP contribution in [-0.4, -0.2) is 29.4 Å². The van der Waals surface area contributed by atoms with Crippen molar-refractivity contribution in [3.8, 4) is 0 Å². The van der Waals surface area contributed by atoms with Crippen molar-refractivity contribution in [1.29, 1.82) is 0 Å². The Kier molecular flexibility index (Phi) is 4.59. The molecule has 0 spiro atoms. The molecule has 1 aliphatic heterocycles. The van der Waals surface area contributed by atoms with Gasteiger partial charge in [0, 0.05) is 17.9 Å². The summed E-state index contributed by atoms with van der Waals surface area (Å²) in [6.45, 7) is 7.26. The Morgan fingerprint density at radius 1 is 1.58 bits per heavy atom. The van der Waals surface area contributed by atoms with Gasteiger partial charge in [0.15, 0.2) is 0 Å².